The lowest BCUT2D eigenvalue weighted by molar-refractivity contribution is 0.0430. The van der Waals surface area contributed by atoms with Crippen LogP contribution in [0.1, 0.15) is 32.1 Å². The maximum atomic E-state index is 10.3. The van der Waals surface area contributed by atoms with E-state index in [9.17, 15) is 4.79 Å². The van der Waals surface area contributed by atoms with E-state index in [-0.39, 0.29) is 6.23 Å². The molecular formula is C9H15NO3. The van der Waals surface area contributed by atoms with E-state index in [1.165, 1.54) is 25.7 Å². The highest BCUT2D eigenvalue weighted by Crippen LogP contribution is 2.33. The molecule has 2 N–H and O–H groups in total. The Labute approximate surface area is 77.3 Å². The van der Waals surface area contributed by atoms with Crippen molar-refractivity contribution >= 4 is 6.16 Å². The fourth-order valence-corrected chi connectivity index (χ4v) is 2.49. The average molecular weight is 185 g/mol. The third-order valence-corrected chi connectivity index (χ3v) is 3.07. The van der Waals surface area contributed by atoms with Crippen LogP contribution in [0.2, 0.25) is 0 Å². The van der Waals surface area contributed by atoms with Crippen LogP contribution in [0.25, 0.3) is 0 Å². The first kappa shape index (κ1) is 8.81. The molecule has 2 rings (SSSR count). The molecule has 4 nitrogen and oxygen atoms in total. The fraction of sp³-hybridized carbons (Fsp3) is 0.889. The standard InChI is InChI=1S/C9H15NO3/c11-9(12)13-8-5-6-3-1-2-4-7(6)10-8/h6-8,10H,1-5H2,(H,11,12)/t6-,7-,8?/m1/s1. The summed E-state index contributed by atoms with van der Waals surface area (Å²) in [7, 11) is 0. The van der Waals surface area contributed by atoms with Crippen LogP contribution in [0.15, 0.2) is 0 Å². The van der Waals surface area contributed by atoms with Crippen LogP contribution in [-0.2, 0) is 4.74 Å². The molecule has 3 atom stereocenters. The second kappa shape index (κ2) is 3.54. The molecule has 0 aromatic rings. The number of nitrogens with one attached hydrogen (secondary N) is 1. The molecule has 1 saturated heterocycles. The third-order valence-electron chi connectivity index (χ3n) is 3.07. The zero-order valence-electron chi connectivity index (χ0n) is 7.53. The third kappa shape index (κ3) is 1.94. The summed E-state index contributed by atoms with van der Waals surface area (Å²) < 4.78 is 4.71. The van der Waals surface area contributed by atoms with Gasteiger partial charge in [-0.15, -0.1) is 0 Å². The predicted octanol–water partition coefficient (Wildman–Crippen LogP) is 1.56. The summed E-state index contributed by atoms with van der Waals surface area (Å²) in [6.45, 7) is 0. The summed E-state index contributed by atoms with van der Waals surface area (Å²) in [5.74, 6) is 0.637. The van der Waals surface area contributed by atoms with Crippen LogP contribution in [0.3, 0.4) is 0 Å². The topological polar surface area (TPSA) is 58.6 Å². The molecule has 1 aliphatic carbocycles. The molecule has 0 bridgehead atoms. The van der Waals surface area contributed by atoms with E-state index in [2.05, 4.69) is 5.32 Å². The number of fused-ring (bicyclic) bond motifs is 1. The molecular weight excluding hydrogens is 170 g/mol. The minimum atomic E-state index is -1.17. The SMILES string of the molecule is O=C(O)OC1C[C@H]2CCCC[C@H]2N1. The van der Waals surface area contributed by atoms with Gasteiger partial charge < -0.3 is 9.84 Å². The van der Waals surface area contributed by atoms with E-state index in [0.717, 1.165) is 6.42 Å². The van der Waals surface area contributed by atoms with Crippen molar-refractivity contribution in [3.8, 4) is 0 Å². The van der Waals surface area contributed by atoms with E-state index < -0.39 is 6.16 Å². The zero-order chi connectivity index (χ0) is 9.26. The highest BCUT2D eigenvalue weighted by atomic mass is 16.7. The quantitative estimate of drug-likeness (QED) is 0.609. The highest BCUT2D eigenvalue weighted by molar-refractivity contribution is 5.57. The van der Waals surface area contributed by atoms with E-state index >= 15 is 0 Å². The maximum absolute atomic E-state index is 10.3. The molecule has 1 saturated carbocycles. The van der Waals surface area contributed by atoms with Crippen LogP contribution in [0.5, 0.6) is 0 Å². The van der Waals surface area contributed by atoms with Gasteiger partial charge in [-0.3, -0.25) is 5.32 Å². The molecule has 1 aliphatic heterocycles. The Morgan fingerprint density at radius 2 is 2.15 bits per heavy atom. The van der Waals surface area contributed by atoms with Crippen molar-refractivity contribution in [2.24, 2.45) is 5.92 Å². The Morgan fingerprint density at radius 3 is 2.85 bits per heavy atom. The van der Waals surface area contributed by atoms with Gasteiger partial charge in [0.1, 0.15) is 0 Å². The molecule has 2 fully saturated rings. The van der Waals surface area contributed by atoms with E-state index in [4.69, 9.17) is 9.84 Å². The molecule has 0 aromatic heterocycles. The molecule has 0 aromatic carbocycles. The van der Waals surface area contributed by atoms with Crippen LogP contribution >= 0.6 is 0 Å². The number of ether oxygens (including phenoxy) is 1. The van der Waals surface area contributed by atoms with Gasteiger partial charge in [-0.2, -0.15) is 0 Å². The van der Waals surface area contributed by atoms with Crippen molar-refractivity contribution in [3.63, 3.8) is 0 Å². The van der Waals surface area contributed by atoms with E-state index in [1.54, 1.807) is 0 Å². The van der Waals surface area contributed by atoms with Gasteiger partial charge in [0.25, 0.3) is 0 Å². The normalized spacial score (nSPS) is 38.3. The van der Waals surface area contributed by atoms with E-state index in [0.29, 0.717) is 12.0 Å². The van der Waals surface area contributed by atoms with Gasteiger partial charge >= 0.3 is 6.16 Å². The lowest BCUT2D eigenvalue weighted by Crippen LogP contribution is -2.35. The molecule has 13 heavy (non-hydrogen) atoms. The summed E-state index contributed by atoms with van der Waals surface area (Å²) >= 11 is 0. The minimum Gasteiger partial charge on any atom is -0.450 e. The van der Waals surface area contributed by atoms with Gasteiger partial charge in [0.2, 0.25) is 0 Å². The Morgan fingerprint density at radius 1 is 1.38 bits per heavy atom. The predicted molar refractivity (Wildman–Crippen MR) is 46.4 cm³/mol. The lowest BCUT2D eigenvalue weighted by atomic mass is 9.85. The second-order valence-electron chi connectivity index (χ2n) is 3.93. The van der Waals surface area contributed by atoms with Crippen molar-refractivity contribution in [3.05, 3.63) is 0 Å². The Balaban J connectivity index is 1.87. The molecule has 0 amide bonds. The highest BCUT2D eigenvalue weighted by Gasteiger charge is 2.36. The summed E-state index contributed by atoms with van der Waals surface area (Å²) in [6.07, 6.45) is 4.36. The summed E-state index contributed by atoms with van der Waals surface area (Å²) in [6, 6.07) is 0.498. The smallest absolute Gasteiger partial charge is 0.450 e. The summed E-state index contributed by atoms with van der Waals surface area (Å²) in [4.78, 5) is 10.3. The van der Waals surface area contributed by atoms with Gasteiger partial charge in [0, 0.05) is 12.5 Å². The van der Waals surface area contributed by atoms with E-state index in [1.807, 2.05) is 0 Å². The first-order valence-corrected chi connectivity index (χ1v) is 4.91. The zero-order valence-corrected chi connectivity index (χ0v) is 7.53. The van der Waals surface area contributed by atoms with Crippen molar-refractivity contribution in [1.29, 1.82) is 0 Å². The fourth-order valence-electron chi connectivity index (χ4n) is 2.49. The van der Waals surface area contributed by atoms with Crippen LogP contribution in [0.4, 0.5) is 4.79 Å². The molecule has 1 unspecified atom stereocenters. The van der Waals surface area contributed by atoms with Crippen molar-refractivity contribution in [2.75, 3.05) is 0 Å². The summed E-state index contributed by atoms with van der Waals surface area (Å²) in [5.41, 5.74) is 0. The Kier molecular flexibility index (Phi) is 2.40. The van der Waals surface area contributed by atoms with Gasteiger partial charge in [-0.1, -0.05) is 12.8 Å². The van der Waals surface area contributed by atoms with Gasteiger partial charge in [-0.25, -0.2) is 4.79 Å². The van der Waals surface area contributed by atoms with Crippen LogP contribution in [0, 0.1) is 5.92 Å². The first-order chi connectivity index (χ1) is 6.25. The Hall–Kier alpha value is -0.770. The number of hydrogen-bond donors (Lipinski definition) is 2. The van der Waals surface area contributed by atoms with Gasteiger partial charge in [0.15, 0.2) is 6.23 Å². The average Bonchev–Trinajstić information content (AvgIpc) is 2.44. The number of hydrogen-bond acceptors (Lipinski definition) is 3. The van der Waals surface area contributed by atoms with Gasteiger partial charge in [-0.05, 0) is 18.8 Å². The number of carbonyl (C=O) groups is 1. The molecule has 0 radical (unpaired) electrons. The number of carboxylic acid groups (broad SMARTS) is 1. The van der Waals surface area contributed by atoms with Gasteiger partial charge in [0.05, 0.1) is 0 Å². The van der Waals surface area contributed by atoms with Crippen LogP contribution in [-0.4, -0.2) is 23.5 Å². The maximum Gasteiger partial charge on any atom is 0.507 e. The van der Waals surface area contributed by atoms with Crippen molar-refractivity contribution in [2.45, 2.75) is 44.4 Å². The molecule has 2 aliphatic rings. The molecule has 74 valence electrons. The van der Waals surface area contributed by atoms with Crippen LogP contribution < -0.4 is 5.32 Å². The Bertz CT molecular complexity index is 193. The molecule has 1 heterocycles. The van der Waals surface area contributed by atoms with Crippen molar-refractivity contribution < 1.29 is 14.6 Å². The lowest BCUT2D eigenvalue weighted by Gasteiger charge is -2.23. The first-order valence-electron chi connectivity index (χ1n) is 4.91. The summed E-state index contributed by atoms with van der Waals surface area (Å²) in [5, 5.41) is 11.7. The van der Waals surface area contributed by atoms with Crippen molar-refractivity contribution in [1.82, 2.24) is 5.32 Å². The second-order valence-corrected chi connectivity index (χ2v) is 3.93. The monoisotopic (exact) mass is 185 g/mol. The number of rotatable bonds is 1. The molecule has 4 heteroatoms. The largest absolute Gasteiger partial charge is 0.507 e. The molecule has 0 spiro atoms. The minimum absolute atomic E-state index is 0.259.